The first-order chi connectivity index (χ1) is 14.9. The van der Waals surface area contributed by atoms with Gasteiger partial charge < -0.3 is 19.4 Å². The zero-order valence-electron chi connectivity index (χ0n) is 17.7. The highest BCUT2D eigenvalue weighted by Crippen LogP contribution is 2.39. The number of aromatic nitrogens is 2. The van der Waals surface area contributed by atoms with Gasteiger partial charge in [0, 0.05) is 24.2 Å². The van der Waals surface area contributed by atoms with E-state index in [4.69, 9.17) is 9.47 Å². The van der Waals surface area contributed by atoms with E-state index in [0.29, 0.717) is 37.2 Å². The standard InChI is InChI=1S/C21H26N4O5S/c1-13-14(2)24(15-6-3-4-7-15)21(22-13)31-12-20(26)23-16-10-18-19(11-17(16)25(27)28)30-9-5-8-29-18/h10-11,15H,3-9,12H2,1-2H3,(H,23,26). The fourth-order valence-electron chi connectivity index (χ4n) is 4.06. The molecule has 9 nitrogen and oxygen atoms in total. The Morgan fingerprint density at radius 3 is 2.58 bits per heavy atom. The number of hydrogen-bond donors (Lipinski definition) is 1. The van der Waals surface area contributed by atoms with Crippen molar-refractivity contribution in [3.8, 4) is 11.5 Å². The minimum Gasteiger partial charge on any atom is -0.489 e. The van der Waals surface area contributed by atoms with Crippen molar-refractivity contribution in [2.75, 3.05) is 24.3 Å². The number of nitrogens with zero attached hydrogens (tertiary/aromatic N) is 3. The van der Waals surface area contributed by atoms with E-state index in [2.05, 4.69) is 21.8 Å². The number of hydrogen-bond acceptors (Lipinski definition) is 7. The molecule has 2 aliphatic rings. The van der Waals surface area contributed by atoms with Crippen LogP contribution in [0.2, 0.25) is 0 Å². The number of carbonyl (C=O) groups excluding carboxylic acids is 1. The molecule has 1 aliphatic heterocycles. The fourth-order valence-corrected chi connectivity index (χ4v) is 5.01. The van der Waals surface area contributed by atoms with Crippen molar-refractivity contribution < 1.29 is 19.2 Å². The normalized spacial score (nSPS) is 16.2. The zero-order valence-corrected chi connectivity index (χ0v) is 18.5. The molecule has 0 saturated heterocycles. The Balaban J connectivity index is 1.49. The smallest absolute Gasteiger partial charge is 0.296 e. The lowest BCUT2D eigenvalue weighted by Crippen LogP contribution is -2.16. The molecule has 2 aromatic rings. The Hall–Kier alpha value is -2.75. The highest BCUT2D eigenvalue weighted by molar-refractivity contribution is 7.99. The number of thioether (sulfide) groups is 1. The molecule has 1 fully saturated rings. The Morgan fingerprint density at radius 1 is 1.23 bits per heavy atom. The van der Waals surface area contributed by atoms with E-state index in [1.54, 1.807) is 0 Å². The predicted molar refractivity (Wildman–Crippen MR) is 117 cm³/mol. The summed E-state index contributed by atoms with van der Waals surface area (Å²) < 4.78 is 13.4. The fraction of sp³-hybridized carbons (Fsp3) is 0.524. The second-order valence-corrected chi connectivity index (χ2v) is 8.78. The maximum Gasteiger partial charge on any atom is 0.296 e. The number of nitro benzene ring substituents is 1. The van der Waals surface area contributed by atoms with E-state index in [9.17, 15) is 14.9 Å². The first kappa shape index (κ1) is 21.5. The van der Waals surface area contributed by atoms with E-state index >= 15 is 0 Å². The number of anilines is 1. The molecule has 31 heavy (non-hydrogen) atoms. The Bertz CT molecular complexity index is 1000. The summed E-state index contributed by atoms with van der Waals surface area (Å²) in [6, 6.07) is 3.20. The number of carbonyl (C=O) groups is 1. The molecule has 1 aromatic heterocycles. The second kappa shape index (κ2) is 9.17. The molecule has 10 heteroatoms. The molecule has 1 amide bonds. The number of amides is 1. The van der Waals surface area contributed by atoms with Gasteiger partial charge >= 0.3 is 0 Å². The summed E-state index contributed by atoms with van der Waals surface area (Å²) >= 11 is 1.36. The predicted octanol–water partition coefficient (Wildman–Crippen LogP) is 4.42. The second-order valence-electron chi connectivity index (χ2n) is 7.83. The van der Waals surface area contributed by atoms with Crippen LogP contribution in [-0.4, -0.2) is 39.3 Å². The van der Waals surface area contributed by atoms with Crippen molar-refractivity contribution in [1.82, 2.24) is 9.55 Å². The van der Waals surface area contributed by atoms with Crippen LogP contribution in [0.3, 0.4) is 0 Å². The van der Waals surface area contributed by atoms with E-state index in [1.807, 2.05) is 6.92 Å². The lowest BCUT2D eigenvalue weighted by Gasteiger charge is -2.17. The summed E-state index contributed by atoms with van der Waals surface area (Å²) in [5.41, 5.74) is 1.98. The molecular formula is C21H26N4O5S. The maximum absolute atomic E-state index is 12.7. The number of rotatable bonds is 6. The monoisotopic (exact) mass is 446 g/mol. The third-order valence-corrected chi connectivity index (χ3v) is 6.67. The largest absolute Gasteiger partial charge is 0.489 e. The first-order valence-electron chi connectivity index (χ1n) is 10.5. The van der Waals surface area contributed by atoms with Gasteiger partial charge in [0.05, 0.1) is 35.7 Å². The molecule has 2 heterocycles. The van der Waals surface area contributed by atoms with E-state index in [0.717, 1.165) is 29.4 Å². The molecule has 0 radical (unpaired) electrons. The topological polar surface area (TPSA) is 109 Å². The molecule has 1 aliphatic carbocycles. The van der Waals surface area contributed by atoms with Gasteiger partial charge in [0.2, 0.25) is 5.91 Å². The summed E-state index contributed by atoms with van der Waals surface area (Å²) in [7, 11) is 0. The quantitative estimate of drug-likeness (QED) is 0.397. The number of benzene rings is 1. The summed E-state index contributed by atoms with van der Waals surface area (Å²) in [5.74, 6) is 0.489. The Kier molecular flexibility index (Phi) is 6.35. The molecule has 1 saturated carbocycles. The average Bonchev–Trinajstić information content (AvgIpc) is 3.27. The molecule has 1 N–H and O–H groups in total. The number of imidazole rings is 1. The van der Waals surface area contributed by atoms with Crippen LogP contribution < -0.4 is 14.8 Å². The molecular weight excluding hydrogens is 420 g/mol. The highest BCUT2D eigenvalue weighted by Gasteiger charge is 2.25. The summed E-state index contributed by atoms with van der Waals surface area (Å²) in [4.78, 5) is 28.3. The minimum absolute atomic E-state index is 0.103. The van der Waals surface area contributed by atoms with E-state index < -0.39 is 4.92 Å². The van der Waals surface area contributed by atoms with Crippen molar-refractivity contribution in [3.05, 3.63) is 33.6 Å². The van der Waals surface area contributed by atoms with E-state index in [1.165, 1.54) is 36.7 Å². The van der Waals surface area contributed by atoms with Crippen LogP contribution in [0.15, 0.2) is 17.3 Å². The van der Waals surface area contributed by atoms with Crippen molar-refractivity contribution in [2.45, 2.75) is 57.1 Å². The van der Waals surface area contributed by atoms with Gasteiger partial charge in [0.1, 0.15) is 5.69 Å². The van der Waals surface area contributed by atoms with Crippen LogP contribution in [0.25, 0.3) is 0 Å². The average molecular weight is 447 g/mol. The van der Waals surface area contributed by atoms with Gasteiger partial charge in [-0.15, -0.1) is 0 Å². The molecule has 0 atom stereocenters. The molecule has 4 rings (SSSR count). The van der Waals surface area contributed by atoms with Gasteiger partial charge in [-0.1, -0.05) is 24.6 Å². The van der Waals surface area contributed by atoms with Crippen molar-refractivity contribution in [2.24, 2.45) is 0 Å². The van der Waals surface area contributed by atoms with Crippen LogP contribution >= 0.6 is 11.8 Å². The lowest BCUT2D eigenvalue weighted by atomic mass is 10.2. The summed E-state index contributed by atoms with van der Waals surface area (Å²) in [6.07, 6.45) is 5.35. The summed E-state index contributed by atoms with van der Waals surface area (Å²) in [6.45, 7) is 4.92. The number of nitro groups is 1. The van der Waals surface area contributed by atoms with Gasteiger partial charge in [-0.3, -0.25) is 14.9 Å². The number of nitrogens with one attached hydrogen (secondary N) is 1. The lowest BCUT2D eigenvalue weighted by molar-refractivity contribution is -0.384. The Labute approximate surface area is 184 Å². The summed E-state index contributed by atoms with van der Waals surface area (Å²) in [5, 5.41) is 15.0. The third-order valence-electron chi connectivity index (χ3n) is 5.71. The van der Waals surface area contributed by atoms with Gasteiger partial charge in [-0.05, 0) is 26.7 Å². The van der Waals surface area contributed by atoms with Crippen LogP contribution in [-0.2, 0) is 4.79 Å². The number of aryl methyl sites for hydroxylation is 1. The van der Waals surface area contributed by atoms with Crippen LogP contribution in [0.1, 0.15) is 49.5 Å². The van der Waals surface area contributed by atoms with Crippen molar-refractivity contribution >= 4 is 29.0 Å². The maximum atomic E-state index is 12.7. The van der Waals surface area contributed by atoms with Crippen LogP contribution in [0.4, 0.5) is 11.4 Å². The van der Waals surface area contributed by atoms with Crippen LogP contribution in [0.5, 0.6) is 11.5 Å². The molecule has 166 valence electrons. The third kappa shape index (κ3) is 4.63. The van der Waals surface area contributed by atoms with Gasteiger partial charge in [0.15, 0.2) is 16.7 Å². The highest BCUT2D eigenvalue weighted by atomic mass is 32.2. The van der Waals surface area contributed by atoms with Gasteiger partial charge in [-0.25, -0.2) is 4.98 Å². The number of ether oxygens (including phenoxy) is 2. The van der Waals surface area contributed by atoms with Crippen molar-refractivity contribution in [3.63, 3.8) is 0 Å². The zero-order chi connectivity index (χ0) is 22.0. The molecule has 0 spiro atoms. The first-order valence-corrected chi connectivity index (χ1v) is 11.5. The number of fused-ring (bicyclic) bond motifs is 1. The molecule has 0 unspecified atom stereocenters. The molecule has 0 bridgehead atoms. The van der Waals surface area contributed by atoms with Gasteiger partial charge in [0.25, 0.3) is 5.69 Å². The minimum atomic E-state index is -0.531. The van der Waals surface area contributed by atoms with Gasteiger partial charge in [-0.2, -0.15) is 0 Å². The van der Waals surface area contributed by atoms with Crippen molar-refractivity contribution in [1.29, 1.82) is 0 Å². The SMILES string of the molecule is Cc1nc(SCC(=O)Nc2cc3c(cc2[N+](=O)[O-])OCCCO3)n(C2CCCC2)c1C. The van der Waals surface area contributed by atoms with E-state index in [-0.39, 0.29) is 23.0 Å². The Morgan fingerprint density at radius 2 is 1.90 bits per heavy atom. The van der Waals surface area contributed by atoms with Crippen LogP contribution in [0, 0.1) is 24.0 Å². The molecule has 1 aromatic carbocycles.